The van der Waals surface area contributed by atoms with Crippen LogP contribution in [0, 0.1) is 13.8 Å². The van der Waals surface area contributed by atoms with Gasteiger partial charge >= 0.3 is 0 Å². The van der Waals surface area contributed by atoms with Crippen LogP contribution < -0.4 is 10.6 Å². The number of aryl methyl sites for hydroxylation is 2. The lowest BCUT2D eigenvalue weighted by Gasteiger charge is -2.11. The Morgan fingerprint density at radius 2 is 1.74 bits per heavy atom. The number of hydrogen-bond acceptors (Lipinski definition) is 1. The lowest BCUT2D eigenvalue weighted by molar-refractivity contribution is 0.926. The van der Waals surface area contributed by atoms with Crippen molar-refractivity contribution < 1.29 is 0 Å². The normalized spacial score (nSPS) is 10.0. The monoisotopic (exact) mass is 270 g/mol. The van der Waals surface area contributed by atoms with Crippen molar-refractivity contribution in [1.82, 2.24) is 5.32 Å². The van der Waals surface area contributed by atoms with Crippen molar-refractivity contribution >= 4 is 23.0 Å². The highest BCUT2D eigenvalue weighted by molar-refractivity contribution is 7.80. The predicted octanol–water partition coefficient (Wildman–Crippen LogP) is 3.79. The quantitative estimate of drug-likeness (QED) is 0.830. The van der Waals surface area contributed by atoms with Crippen LogP contribution in [0.2, 0.25) is 0 Å². The summed E-state index contributed by atoms with van der Waals surface area (Å²) >= 11 is 5.29. The number of benzene rings is 2. The van der Waals surface area contributed by atoms with Gasteiger partial charge in [-0.05, 0) is 54.9 Å². The van der Waals surface area contributed by atoms with Crippen LogP contribution in [0.15, 0.2) is 48.5 Å². The van der Waals surface area contributed by atoms with Gasteiger partial charge in [0.1, 0.15) is 0 Å². The van der Waals surface area contributed by atoms with E-state index in [1.54, 1.807) is 0 Å². The number of thiocarbonyl (C=S) groups is 1. The van der Waals surface area contributed by atoms with Crippen molar-refractivity contribution in [1.29, 1.82) is 0 Å². The Morgan fingerprint density at radius 1 is 1.00 bits per heavy atom. The summed E-state index contributed by atoms with van der Waals surface area (Å²) in [7, 11) is 0. The molecule has 0 bridgehead atoms. The fraction of sp³-hybridized carbons (Fsp3) is 0.188. The highest BCUT2D eigenvalue weighted by Gasteiger charge is 1.99. The van der Waals surface area contributed by atoms with E-state index in [0.29, 0.717) is 5.11 Å². The Bertz CT molecular complexity index is 564. The summed E-state index contributed by atoms with van der Waals surface area (Å²) in [5, 5.41) is 7.05. The lowest BCUT2D eigenvalue weighted by atomic mass is 10.1. The van der Waals surface area contributed by atoms with Crippen molar-refractivity contribution in [3.63, 3.8) is 0 Å². The first-order valence-corrected chi connectivity index (χ1v) is 6.72. The Kier molecular flexibility index (Phi) is 4.53. The molecule has 98 valence electrons. The van der Waals surface area contributed by atoms with Crippen LogP contribution in [0.25, 0.3) is 0 Å². The molecule has 0 aliphatic heterocycles. The SMILES string of the molecule is Cc1ccc(NC(=S)NCc2ccccc2)cc1C. The van der Waals surface area contributed by atoms with Crippen LogP contribution >= 0.6 is 12.2 Å². The lowest BCUT2D eigenvalue weighted by Crippen LogP contribution is -2.27. The average Bonchev–Trinajstić information content (AvgIpc) is 2.42. The summed E-state index contributed by atoms with van der Waals surface area (Å²) in [6.45, 7) is 4.93. The minimum Gasteiger partial charge on any atom is -0.358 e. The number of hydrogen-bond donors (Lipinski definition) is 2. The number of nitrogens with one attached hydrogen (secondary N) is 2. The maximum atomic E-state index is 5.29. The van der Waals surface area contributed by atoms with E-state index < -0.39 is 0 Å². The Balaban J connectivity index is 1.89. The molecule has 19 heavy (non-hydrogen) atoms. The third-order valence-corrected chi connectivity index (χ3v) is 3.31. The highest BCUT2D eigenvalue weighted by atomic mass is 32.1. The average molecular weight is 270 g/mol. The van der Waals surface area contributed by atoms with Gasteiger partial charge in [-0.2, -0.15) is 0 Å². The second kappa shape index (κ2) is 6.34. The Morgan fingerprint density at radius 3 is 2.42 bits per heavy atom. The Labute approximate surface area is 119 Å². The molecule has 0 unspecified atom stereocenters. The first kappa shape index (κ1) is 13.6. The summed E-state index contributed by atoms with van der Waals surface area (Å²) in [4.78, 5) is 0. The minimum absolute atomic E-state index is 0.645. The Hall–Kier alpha value is -1.87. The molecular weight excluding hydrogens is 252 g/mol. The maximum Gasteiger partial charge on any atom is 0.171 e. The van der Waals surface area contributed by atoms with E-state index >= 15 is 0 Å². The van der Waals surface area contributed by atoms with E-state index in [-0.39, 0.29) is 0 Å². The molecule has 0 aliphatic rings. The standard InChI is InChI=1S/C16H18N2S/c1-12-8-9-15(10-13(12)2)18-16(19)17-11-14-6-4-3-5-7-14/h3-10H,11H2,1-2H3,(H2,17,18,19). The number of rotatable bonds is 3. The molecule has 3 heteroatoms. The van der Waals surface area contributed by atoms with E-state index in [2.05, 4.69) is 48.7 Å². The molecule has 2 rings (SSSR count). The summed E-state index contributed by atoms with van der Waals surface area (Å²) in [5.41, 5.74) is 4.78. The zero-order chi connectivity index (χ0) is 13.7. The molecule has 2 aromatic rings. The van der Waals surface area contributed by atoms with Gasteiger partial charge in [-0.3, -0.25) is 0 Å². The van der Waals surface area contributed by atoms with Crippen LogP contribution in [-0.2, 0) is 6.54 Å². The van der Waals surface area contributed by atoms with E-state index in [1.807, 2.05) is 24.3 Å². The van der Waals surface area contributed by atoms with Crippen LogP contribution in [0.4, 0.5) is 5.69 Å². The molecule has 0 saturated carbocycles. The van der Waals surface area contributed by atoms with Gasteiger partial charge in [-0.25, -0.2) is 0 Å². The first-order chi connectivity index (χ1) is 9.15. The minimum atomic E-state index is 0.645. The maximum absolute atomic E-state index is 5.29. The molecule has 0 spiro atoms. The second-order valence-electron chi connectivity index (χ2n) is 4.59. The molecule has 0 radical (unpaired) electrons. The summed E-state index contributed by atoms with van der Waals surface area (Å²) in [5.74, 6) is 0. The summed E-state index contributed by atoms with van der Waals surface area (Å²) in [6, 6.07) is 16.4. The largest absolute Gasteiger partial charge is 0.358 e. The molecule has 2 nitrogen and oxygen atoms in total. The molecular formula is C16H18N2S. The van der Waals surface area contributed by atoms with E-state index in [9.17, 15) is 0 Å². The fourth-order valence-electron chi connectivity index (χ4n) is 1.77. The molecule has 0 saturated heterocycles. The highest BCUT2D eigenvalue weighted by Crippen LogP contribution is 2.13. The van der Waals surface area contributed by atoms with Crippen molar-refractivity contribution in [2.24, 2.45) is 0 Å². The van der Waals surface area contributed by atoms with Crippen molar-refractivity contribution in [3.05, 3.63) is 65.2 Å². The number of anilines is 1. The van der Waals surface area contributed by atoms with Crippen LogP contribution in [0.5, 0.6) is 0 Å². The van der Waals surface area contributed by atoms with E-state index in [4.69, 9.17) is 12.2 Å². The molecule has 0 heterocycles. The van der Waals surface area contributed by atoms with Gasteiger partial charge in [0.15, 0.2) is 5.11 Å². The van der Waals surface area contributed by atoms with Gasteiger partial charge in [0.2, 0.25) is 0 Å². The zero-order valence-electron chi connectivity index (χ0n) is 11.2. The molecule has 0 fully saturated rings. The molecule has 2 N–H and O–H groups in total. The zero-order valence-corrected chi connectivity index (χ0v) is 12.1. The summed E-state index contributed by atoms with van der Waals surface area (Å²) < 4.78 is 0. The fourth-order valence-corrected chi connectivity index (χ4v) is 1.96. The molecule has 0 aromatic heterocycles. The van der Waals surface area contributed by atoms with Crippen molar-refractivity contribution in [3.8, 4) is 0 Å². The van der Waals surface area contributed by atoms with Crippen LogP contribution in [0.3, 0.4) is 0 Å². The smallest absolute Gasteiger partial charge is 0.171 e. The van der Waals surface area contributed by atoms with Crippen LogP contribution in [-0.4, -0.2) is 5.11 Å². The summed E-state index contributed by atoms with van der Waals surface area (Å²) in [6.07, 6.45) is 0. The van der Waals surface area contributed by atoms with E-state index in [1.165, 1.54) is 16.7 Å². The van der Waals surface area contributed by atoms with Gasteiger partial charge in [0, 0.05) is 12.2 Å². The first-order valence-electron chi connectivity index (χ1n) is 6.31. The molecule has 0 atom stereocenters. The van der Waals surface area contributed by atoms with Gasteiger partial charge in [0.25, 0.3) is 0 Å². The van der Waals surface area contributed by atoms with Gasteiger partial charge in [-0.15, -0.1) is 0 Å². The third kappa shape index (κ3) is 4.07. The topological polar surface area (TPSA) is 24.1 Å². The van der Waals surface area contributed by atoms with Gasteiger partial charge in [-0.1, -0.05) is 36.4 Å². The van der Waals surface area contributed by atoms with E-state index in [0.717, 1.165) is 12.2 Å². The van der Waals surface area contributed by atoms with Crippen molar-refractivity contribution in [2.45, 2.75) is 20.4 Å². The molecule has 2 aromatic carbocycles. The van der Waals surface area contributed by atoms with Crippen LogP contribution in [0.1, 0.15) is 16.7 Å². The second-order valence-corrected chi connectivity index (χ2v) is 5.00. The van der Waals surface area contributed by atoms with Crippen molar-refractivity contribution in [2.75, 3.05) is 5.32 Å². The molecule has 0 aliphatic carbocycles. The molecule has 0 amide bonds. The van der Waals surface area contributed by atoms with Gasteiger partial charge in [0.05, 0.1) is 0 Å². The van der Waals surface area contributed by atoms with Gasteiger partial charge < -0.3 is 10.6 Å². The predicted molar refractivity (Wildman–Crippen MR) is 85.4 cm³/mol. The third-order valence-electron chi connectivity index (χ3n) is 3.06.